The van der Waals surface area contributed by atoms with Gasteiger partial charge >= 0.3 is 0 Å². The lowest BCUT2D eigenvalue weighted by Gasteiger charge is -2.17. The lowest BCUT2D eigenvalue weighted by molar-refractivity contribution is 0.498. The van der Waals surface area contributed by atoms with Crippen LogP contribution in [-0.4, -0.2) is 6.21 Å². The van der Waals surface area contributed by atoms with Gasteiger partial charge in [-0.1, -0.05) is 39.0 Å². The molecule has 0 bridgehead atoms. The average Bonchev–Trinajstić information content (AvgIpc) is 2.18. The van der Waals surface area contributed by atoms with Crippen LogP contribution in [0.1, 0.15) is 20.8 Å². The SMILES string of the molecule is CC(C)(C)/C(N)=C\C=Nc1ccccc1. The molecule has 1 aromatic carbocycles. The summed E-state index contributed by atoms with van der Waals surface area (Å²) in [6, 6.07) is 9.81. The van der Waals surface area contributed by atoms with E-state index in [1.807, 2.05) is 36.4 Å². The standard InChI is InChI=1S/C13H18N2/c1-13(2,3)12(14)9-10-15-11-7-5-4-6-8-11/h4-10H,14H2,1-3H3/b12-9+,15-10?. The number of nitrogens with zero attached hydrogens (tertiary/aromatic N) is 1. The number of aliphatic imine (C=N–C) groups is 1. The van der Waals surface area contributed by atoms with Crippen LogP contribution in [0.25, 0.3) is 0 Å². The zero-order valence-electron chi connectivity index (χ0n) is 9.57. The highest BCUT2D eigenvalue weighted by atomic mass is 14.7. The summed E-state index contributed by atoms with van der Waals surface area (Å²) in [6.07, 6.45) is 3.60. The zero-order chi connectivity index (χ0) is 11.3. The van der Waals surface area contributed by atoms with Crippen LogP contribution in [0, 0.1) is 5.41 Å². The van der Waals surface area contributed by atoms with Crippen LogP contribution >= 0.6 is 0 Å². The van der Waals surface area contributed by atoms with Gasteiger partial charge in [-0.2, -0.15) is 0 Å². The summed E-state index contributed by atoms with van der Waals surface area (Å²) >= 11 is 0. The van der Waals surface area contributed by atoms with Gasteiger partial charge in [-0.3, -0.25) is 4.99 Å². The van der Waals surface area contributed by atoms with Gasteiger partial charge in [-0.15, -0.1) is 0 Å². The van der Waals surface area contributed by atoms with Gasteiger partial charge in [0, 0.05) is 17.3 Å². The Hall–Kier alpha value is -1.57. The molecule has 0 aliphatic heterocycles. The fourth-order valence-electron chi connectivity index (χ4n) is 0.968. The highest BCUT2D eigenvalue weighted by Gasteiger charge is 2.12. The summed E-state index contributed by atoms with van der Waals surface area (Å²) in [6.45, 7) is 6.24. The summed E-state index contributed by atoms with van der Waals surface area (Å²) in [5.41, 5.74) is 7.66. The van der Waals surface area contributed by atoms with Crippen molar-refractivity contribution in [2.24, 2.45) is 16.1 Å². The van der Waals surface area contributed by atoms with Crippen LogP contribution in [0.15, 0.2) is 47.1 Å². The van der Waals surface area contributed by atoms with E-state index in [1.54, 1.807) is 6.21 Å². The Morgan fingerprint density at radius 1 is 1.20 bits per heavy atom. The molecule has 80 valence electrons. The Morgan fingerprint density at radius 2 is 1.80 bits per heavy atom. The first-order valence-electron chi connectivity index (χ1n) is 5.05. The lowest BCUT2D eigenvalue weighted by atomic mass is 9.92. The molecule has 0 aromatic heterocycles. The summed E-state index contributed by atoms with van der Waals surface area (Å²) < 4.78 is 0. The number of nitrogens with two attached hydrogens (primary N) is 1. The molecule has 0 aliphatic rings. The van der Waals surface area contributed by atoms with E-state index in [1.165, 1.54) is 0 Å². The molecule has 0 aliphatic carbocycles. The molecule has 2 heteroatoms. The van der Waals surface area contributed by atoms with Crippen molar-refractivity contribution in [2.75, 3.05) is 0 Å². The smallest absolute Gasteiger partial charge is 0.0629 e. The second-order valence-electron chi connectivity index (χ2n) is 4.49. The maximum atomic E-state index is 5.88. The minimum atomic E-state index is 0.00269. The van der Waals surface area contributed by atoms with Crippen molar-refractivity contribution in [3.63, 3.8) is 0 Å². The summed E-state index contributed by atoms with van der Waals surface area (Å²) in [4.78, 5) is 4.28. The topological polar surface area (TPSA) is 38.4 Å². The van der Waals surface area contributed by atoms with E-state index >= 15 is 0 Å². The predicted molar refractivity (Wildman–Crippen MR) is 66.3 cm³/mol. The number of hydrogen-bond donors (Lipinski definition) is 1. The van der Waals surface area contributed by atoms with Crippen molar-refractivity contribution < 1.29 is 0 Å². The molecule has 2 N–H and O–H groups in total. The molecule has 1 aromatic rings. The fraction of sp³-hybridized carbons (Fsp3) is 0.308. The first kappa shape index (κ1) is 11.5. The molecule has 0 fully saturated rings. The molecule has 0 saturated heterocycles. The van der Waals surface area contributed by atoms with Crippen LogP contribution in [0.4, 0.5) is 5.69 Å². The lowest BCUT2D eigenvalue weighted by Crippen LogP contribution is -2.16. The molecule has 0 saturated carbocycles. The van der Waals surface area contributed by atoms with Crippen molar-refractivity contribution >= 4 is 11.9 Å². The van der Waals surface area contributed by atoms with Gasteiger partial charge in [0.25, 0.3) is 0 Å². The van der Waals surface area contributed by atoms with E-state index in [9.17, 15) is 0 Å². The highest BCUT2D eigenvalue weighted by Crippen LogP contribution is 2.19. The van der Waals surface area contributed by atoms with E-state index in [0.717, 1.165) is 11.4 Å². The van der Waals surface area contributed by atoms with E-state index in [-0.39, 0.29) is 5.41 Å². The van der Waals surface area contributed by atoms with E-state index in [0.29, 0.717) is 0 Å². The molecular weight excluding hydrogens is 184 g/mol. The second kappa shape index (κ2) is 4.78. The number of allylic oxidation sites excluding steroid dienone is 2. The van der Waals surface area contributed by atoms with Crippen molar-refractivity contribution in [1.82, 2.24) is 0 Å². The van der Waals surface area contributed by atoms with Crippen molar-refractivity contribution in [3.8, 4) is 0 Å². The summed E-state index contributed by atoms with van der Waals surface area (Å²) in [7, 11) is 0. The Balaban J connectivity index is 2.69. The van der Waals surface area contributed by atoms with Crippen LogP contribution in [-0.2, 0) is 0 Å². The number of para-hydroxylation sites is 1. The average molecular weight is 202 g/mol. The maximum Gasteiger partial charge on any atom is 0.0629 e. The Bertz CT molecular complexity index is 356. The molecular formula is C13H18N2. The quantitative estimate of drug-likeness (QED) is 0.734. The Kier molecular flexibility index (Phi) is 3.67. The predicted octanol–water partition coefficient (Wildman–Crippen LogP) is 3.28. The van der Waals surface area contributed by atoms with Crippen molar-refractivity contribution in [3.05, 3.63) is 42.1 Å². The van der Waals surface area contributed by atoms with E-state index in [2.05, 4.69) is 25.8 Å². The van der Waals surface area contributed by atoms with Crippen LogP contribution in [0.3, 0.4) is 0 Å². The third kappa shape index (κ3) is 3.98. The molecule has 0 atom stereocenters. The number of benzene rings is 1. The van der Waals surface area contributed by atoms with Gasteiger partial charge in [0.15, 0.2) is 0 Å². The Morgan fingerprint density at radius 3 is 2.33 bits per heavy atom. The van der Waals surface area contributed by atoms with Crippen molar-refractivity contribution in [1.29, 1.82) is 0 Å². The third-order valence-electron chi connectivity index (χ3n) is 2.10. The number of hydrogen-bond acceptors (Lipinski definition) is 2. The molecule has 0 amide bonds. The van der Waals surface area contributed by atoms with Crippen LogP contribution in [0.5, 0.6) is 0 Å². The van der Waals surface area contributed by atoms with Crippen molar-refractivity contribution in [2.45, 2.75) is 20.8 Å². The molecule has 0 spiro atoms. The van der Waals surface area contributed by atoms with E-state index < -0.39 is 0 Å². The fourth-order valence-corrected chi connectivity index (χ4v) is 0.968. The molecule has 1 rings (SSSR count). The first-order chi connectivity index (χ1) is 7.00. The van der Waals surface area contributed by atoms with Gasteiger partial charge in [0.2, 0.25) is 0 Å². The van der Waals surface area contributed by atoms with Crippen LogP contribution < -0.4 is 5.73 Å². The summed E-state index contributed by atoms with van der Waals surface area (Å²) in [5.74, 6) is 0. The Labute approximate surface area is 91.5 Å². The monoisotopic (exact) mass is 202 g/mol. The largest absolute Gasteiger partial charge is 0.402 e. The van der Waals surface area contributed by atoms with Gasteiger partial charge < -0.3 is 5.73 Å². The summed E-state index contributed by atoms with van der Waals surface area (Å²) in [5, 5.41) is 0. The minimum absolute atomic E-state index is 0.00269. The minimum Gasteiger partial charge on any atom is -0.402 e. The molecule has 0 unspecified atom stereocenters. The van der Waals surface area contributed by atoms with Gasteiger partial charge in [-0.25, -0.2) is 0 Å². The third-order valence-corrected chi connectivity index (χ3v) is 2.10. The molecule has 15 heavy (non-hydrogen) atoms. The highest BCUT2D eigenvalue weighted by molar-refractivity contribution is 5.75. The second-order valence-corrected chi connectivity index (χ2v) is 4.49. The van der Waals surface area contributed by atoms with Gasteiger partial charge in [0.1, 0.15) is 0 Å². The van der Waals surface area contributed by atoms with Gasteiger partial charge in [-0.05, 0) is 18.2 Å². The molecule has 2 nitrogen and oxygen atoms in total. The normalized spacial score (nSPS) is 13.4. The number of rotatable bonds is 2. The maximum absolute atomic E-state index is 5.88. The van der Waals surface area contributed by atoms with Crippen LogP contribution in [0.2, 0.25) is 0 Å². The molecule has 0 radical (unpaired) electrons. The first-order valence-corrected chi connectivity index (χ1v) is 5.05. The van der Waals surface area contributed by atoms with Gasteiger partial charge in [0.05, 0.1) is 5.69 Å². The van der Waals surface area contributed by atoms with E-state index in [4.69, 9.17) is 5.73 Å². The molecule has 0 heterocycles. The zero-order valence-corrected chi connectivity index (χ0v) is 9.57.